The Balaban J connectivity index is 1.55. The Bertz CT molecular complexity index is 1240. The van der Waals surface area contributed by atoms with Gasteiger partial charge in [-0.2, -0.15) is 13.2 Å². The van der Waals surface area contributed by atoms with Gasteiger partial charge in [0, 0.05) is 14.8 Å². The second kappa shape index (κ2) is 10.9. The van der Waals surface area contributed by atoms with E-state index in [1.165, 1.54) is 18.2 Å². The first-order chi connectivity index (χ1) is 18.6. The Hall–Kier alpha value is -2.34. The molecule has 0 atom stereocenters. The third-order valence-corrected chi connectivity index (χ3v) is 6.67. The van der Waals surface area contributed by atoms with Crippen molar-refractivity contribution in [1.29, 1.82) is 0 Å². The first-order valence-corrected chi connectivity index (χ1v) is 11.9. The standard InChI is InChI=1S/C28H35F3N2O/c1-3-22-17-24(11-12-25(22)18-33-14-7-15-33)20(2)32-34-19-21-10-13-26(23-8-5-4-6-9-23)27(16-21)28(29,30)31/h10-13,16-17,23H,3-9,14-15,18-19H2,1-2H3/b32-20+/i1D3,3D2,23D. The molecule has 1 saturated heterocycles. The normalized spacial score (nSPS) is 22.4. The van der Waals surface area contributed by atoms with E-state index in [2.05, 4.69) is 10.1 Å². The maximum absolute atomic E-state index is 14.0. The number of benzene rings is 2. The van der Waals surface area contributed by atoms with Gasteiger partial charge >= 0.3 is 6.18 Å². The molecule has 0 amide bonds. The summed E-state index contributed by atoms with van der Waals surface area (Å²) in [6.07, 6.45) is -2.97. The number of alkyl halides is 3. The number of hydrogen-bond acceptors (Lipinski definition) is 3. The van der Waals surface area contributed by atoms with Crippen LogP contribution >= 0.6 is 0 Å². The summed E-state index contributed by atoms with van der Waals surface area (Å²) in [4.78, 5) is 7.50. The molecular weight excluding hydrogens is 437 g/mol. The van der Waals surface area contributed by atoms with Crippen molar-refractivity contribution in [1.82, 2.24) is 4.90 Å². The molecule has 4 rings (SSSR count). The molecule has 0 N–H and O–H groups in total. The van der Waals surface area contributed by atoms with Gasteiger partial charge in [0.15, 0.2) is 0 Å². The van der Waals surface area contributed by atoms with E-state index in [1.807, 2.05) is 0 Å². The number of aryl methyl sites for hydroxylation is 1. The van der Waals surface area contributed by atoms with Crippen LogP contribution in [0.5, 0.6) is 0 Å². The highest BCUT2D eigenvalue weighted by Gasteiger charge is 2.35. The van der Waals surface area contributed by atoms with Gasteiger partial charge in [0.25, 0.3) is 0 Å². The fraction of sp³-hybridized carbons (Fsp3) is 0.536. The van der Waals surface area contributed by atoms with Crippen LogP contribution in [0.1, 0.15) is 99.8 Å². The lowest BCUT2D eigenvalue weighted by Gasteiger charge is -2.31. The minimum Gasteiger partial charge on any atom is -0.391 e. The van der Waals surface area contributed by atoms with E-state index in [4.69, 9.17) is 13.1 Å². The second-order valence-electron chi connectivity index (χ2n) is 9.12. The Morgan fingerprint density at radius 1 is 1.12 bits per heavy atom. The zero-order chi connectivity index (χ0) is 29.3. The summed E-state index contributed by atoms with van der Waals surface area (Å²) in [5.41, 5.74) is 0.870. The first-order valence-electron chi connectivity index (χ1n) is 14.9. The molecule has 2 aliphatic rings. The molecule has 2 aromatic carbocycles. The number of oxime groups is 1. The van der Waals surface area contributed by atoms with Gasteiger partial charge in [0.1, 0.15) is 6.61 Å². The molecule has 1 aliphatic heterocycles. The van der Waals surface area contributed by atoms with Crippen LogP contribution in [0.15, 0.2) is 41.6 Å². The molecule has 1 saturated carbocycles. The van der Waals surface area contributed by atoms with Crippen LogP contribution in [0.4, 0.5) is 13.2 Å². The largest absolute Gasteiger partial charge is 0.416 e. The molecule has 6 heteroatoms. The van der Waals surface area contributed by atoms with Crippen molar-refractivity contribution in [3.8, 4) is 0 Å². The second-order valence-corrected chi connectivity index (χ2v) is 9.12. The smallest absolute Gasteiger partial charge is 0.391 e. The van der Waals surface area contributed by atoms with Gasteiger partial charge < -0.3 is 4.84 Å². The summed E-state index contributed by atoms with van der Waals surface area (Å²) in [7, 11) is 0. The Morgan fingerprint density at radius 3 is 2.59 bits per heavy atom. The van der Waals surface area contributed by atoms with Gasteiger partial charge in [-0.05, 0) is 91.5 Å². The lowest BCUT2D eigenvalue weighted by atomic mass is 9.81. The van der Waals surface area contributed by atoms with Crippen molar-refractivity contribution in [2.24, 2.45) is 5.16 Å². The van der Waals surface area contributed by atoms with Crippen molar-refractivity contribution in [3.63, 3.8) is 0 Å². The number of halogens is 3. The lowest BCUT2D eigenvalue weighted by Crippen LogP contribution is -2.36. The quantitative estimate of drug-likeness (QED) is 0.290. The summed E-state index contributed by atoms with van der Waals surface area (Å²) < 4.78 is 90.5. The number of nitrogens with zero attached hydrogens (tertiary/aromatic N) is 2. The van der Waals surface area contributed by atoms with E-state index in [9.17, 15) is 13.2 Å². The van der Waals surface area contributed by atoms with Crippen LogP contribution in [-0.4, -0.2) is 23.7 Å². The fourth-order valence-electron chi connectivity index (χ4n) is 4.56. The summed E-state index contributed by atoms with van der Waals surface area (Å²) in [6.45, 7) is 0.666. The molecule has 0 bridgehead atoms. The maximum atomic E-state index is 14.0. The molecule has 2 fully saturated rings. The summed E-state index contributed by atoms with van der Waals surface area (Å²) in [5, 5.41) is 4.04. The predicted octanol–water partition coefficient (Wildman–Crippen LogP) is 7.46. The average molecular weight is 479 g/mol. The number of hydrogen-bond donors (Lipinski definition) is 0. The molecule has 0 unspecified atom stereocenters. The topological polar surface area (TPSA) is 24.8 Å². The van der Waals surface area contributed by atoms with Crippen molar-refractivity contribution in [2.75, 3.05) is 13.1 Å². The molecule has 0 spiro atoms. The third-order valence-electron chi connectivity index (χ3n) is 6.67. The van der Waals surface area contributed by atoms with Gasteiger partial charge in [-0.1, -0.05) is 55.5 Å². The maximum Gasteiger partial charge on any atom is 0.416 e. The zero-order valence-corrected chi connectivity index (χ0v) is 19.5. The summed E-state index contributed by atoms with van der Waals surface area (Å²) in [6, 6.07) is 8.83. The van der Waals surface area contributed by atoms with Crippen molar-refractivity contribution < 1.29 is 26.2 Å². The minimum absolute atomic E-state index is 0.00231. The Kier molecular flexibility index (Phi) is 5.79. The first kappa shape index (κ1) is 18.0. The van der Waals surface area contributed by atoms with Crippen LogP contribution in [0.2, 0.25) is 0 Å². The van der Waals surface area contributed by atoms with Crippen LogP contribution in [0.3, 0.4) is 0 Å². The monoisotopic (exact) mass is 478 g/mol. The molecule has 34 heavy (non-hydrogen) atoms. The molecular formula is C28H35F3N2O. The van der Waals surface area contributed by atoms with E-state index in [0.29, 0.717) is 36.2 Å². The lowest BCUT2D eigenvalue weighted by molar-refractivity contribution is -0.138. The molecule has 2 aromatic rings. The highest BCUT2D eigenvalue weighted by atomic mass is 19.4. The van der Waals surface area contributed by atoms with Crippen LogP contribution < -0.4 is 0 Å². The fourth-order valence-corrected chi connectivity index (χ4v) is 4.56. The van der Waals surface area contributed by atoms with Crippen LogP contribution in [0.25, 0.3) is 0 Å². The zero-order valence-electron chi connectivity index (χ0n) is 25.5. The van der Waals surface area contributed by atoms with Crippen LogP contribution in [-0.2, 0) is 30.5 Å². The summed E-state index contributed by atoms with van der Waals surface area (Å²) in [5.74, 6) is -1.25. The van der Waals surface area contributed by atoms with E-state index in [-0.39, 0.29) is 23.3 Å². The predicted molar refractivity (Wildman–Crippen MR) is 130 cm³/mol. The molecule has 0 aromatic heterocycles. The van der Waals surface area contributed by atoms with Crippen LogP contribution in [0, 0.1) is 0 Å². The van der Waals surface area contributed by atoms with Crippen molar-refractivity contribution >= 4 is 5.71 Å². The van der Waals surface area contributed by atoms with Crippen molar-refractivity contribution in [3.05, 3.63) is 69.8 Å². The average Bonchev–Trinajstić information content (AvgIpc) is 2.85. The molecule has 1 heterocycles. The third kappa shape index (κ3) is 6.01. The highest BCUT2D eigenvalue weighted by Crippen LogP contribution is 2.41. The molecule has 1 aliphatic carbocycles. The van der Waals surface area contributed by atoms with Gasteiger partial charge in [-0.25, -0.2) is 0 Å². The SMILES string of the molecule is [2H]C1(c2ccc(CO/N=C(\C)c3ccc(CN4CCC4)c(C([2H])([2H])C([2H])([2H])[2H])c3)cc2C(F)(F)F)CCCCC1. The Morgan fingerprint density at radius 2 is 1.91 bits per heavy atom. The van der Waals surface area contributed by atoms with E-state index >= 15 is 0 Å². The number of likely N-dealkylation sites (tertiary alicyclic amines) is 1. The van der Waals surface area contributed by atoms with E-state index in [1.54, 1.807) is 19.1 Å². The number of rotatable bonds is 8. The van der Waals surface area contributed by atoms with Crippen molar-refractivity contribution in [2.45, 2.75) is 83.9 Å². The van der Waals surface area contributed by atoms with Gasteiger partial charge in [0.05, 0.1) is 11.3 Å². The van der Waals surface area contributed by atoms with E-state index in [0.717, 1.165) is 44.8 Å². The minimum atomic E-state index is -4.61. The molecule has 184 valence electrons. The Labute approximate surface area is 209 Å². The highest BCUT2D eigenvalue weighted by molar-refractivity contribution is 5.98. The molecule has 3 nitrogen and oxygen atoms in total. The summed E-state index contributed by atoms with van der Waals surface area (Å²) >= 11 is 0. The van der Waals surface area contributed by atoms with Gasteiger partial charge in [0.2, 0.25) is 0 Å². The van der Waals surface area contributed by atoms with E-state index < -0.39 is 30.9 Å². The molecule has 0 radical (unpaired) electrons. The van der Waals surface area contributed by atoms with Gasteiger partial charge in [-0.15, -0.1) is 0 Å². The van der Waals surface area contributed by atoms with Gasteiger partial charge in [-0.3, -0.25) is 4.90 Å².